The molecule has 6 nitrogen and oxygen atoms in total. The van der Waals surface area contributed by atoms with Crippen LogP contribution >= 0.6 is 15.9 Å². The molecule has 3 rings (SSSR count). The van der Waals surface area contributed by atoms with Crippen molar-refractivity contribution in [3.63, 3.8) is 0 Å². The third-order valence-electron chi connectivity index (χ3n) is 3.96. The molecule has 1 aromatic heterocycles. The van der Waals surface area contributed by atoms with E-state index in [9.17, 15) is 4.79 Å². The van der Waals surface area contributed by atoms with Crippen molar-refractivity contribution in [3.05, 3.63) is 45.8 Å². The number of hydrogen-bond donors (Lipinski definition) is 1. The molecule has 2 heterocycles. The molecule has 2 aromatic rings. The summed E-state index contributed by atoms with van der Waals surface area (Å²) in [6.07, 6.45) is 0. The number of aromatic nitrogens is 1. The van der Waals surface area contributed by atoms with Crippen LogP contribution in [0.1, 0.15) is 21.8 Å². The lowest BCUT2D eigenvalue weighted by molar-refractivity contribution is 0.0618. The molecule has 0 spiro atoms. The number of nitrogens with zero attached hydrogens (tertiary/aromatic N) is 3. The minimum absolute atomic E-state index is 0.00911. The number of rotatable bonds is 3. The summed E-state index contributed by atoms with van der Waals surface area (Å²) in [6, 6.07) is 7.31. The first kappa shape index (κ1) is 16.0. The van der Waals surface area contributed by atoms with Crippen molar-refractivity contribution in [2.45, 2.75) is 13.5 Å². The Hall–Kier alpha value is -1.86. The fourth-order valence-corrected chi connectivity index (χ4v) is 3.10. The van der Waals surface area contributed by atoms with Crippen molar-refractivity contribution >= 4 is 27.5 Å². The van der Waals surface area contributed by atoms with Crippen molar-refractivity contribution in [2.75, 3.05) is 31.9 Å². The van der Waals surface area contributed by atoms with Crippen LogP contribution in [0.2, 0.25) is 0 Å². The zero-order valence-corrected chi connectivity index (χ0v) is 14.5. The van der Waals surface area contributed by atoms with Crippen LogP contribution in [0.3, 0.4) is 0 Å². The molecular weight excluding hydrogens is 360 g/mol. The monoisotopic (exact) mass is 378 g/mol. The average molecular weight is 379 g/mol. The molecule has 0 bridgehead atoms. The minimum Gasteiger partial charge on any atom is -0.398 e. The number of amides is 1. The maximum absolute atomic E-state index is 12.6. The summed E-state index contributed by atoms with van der Waals surface area (Å²) >= 11 is 3.36. The summed E-state index contributed by atoms with van der Waals surface area (Å²) in [5.41, 5.74) is 7.91. The van der Waals surface area contributed by atoms with E-state index in [1.54, 1.807) is 12.1 Å². The highest BCUT2D eigenvalue weighted by Crippen LogP contribution is 2.21. The van der Waals surface area contributed by atoms with Gasteiger partial charge in [0.05, 0.1) is 17.8 Å². The van der Waals surface area contributed by atoms with Gasteiger partial charge in [0.15, 0.2) is 5.76 Å². The number of anilines is 1. The van der Waals surface area contributed by atoms with Crippen LogP contribution in [0, 0.1) is 6.92 Å². The first-order valence-corrected chi connectivity index (χ1v) is 8.31. The van der Waals surface area contributed by atoms with Gasteiger partial charge in [0, 0.05) is 42.4 Å². The van der Waals surface area contributed by atoms with Crippen molar-refractivity contribution in [1.82, 2.24) is 15.0 Å². The van der Waals surface area contributed by atoms with Gasteiger partial charge in [-0.3, -0.25) is 9.69 Å². The lowest BCUT2D eigenvalue weighted by Gasteiger charge is -2.34. The highest BCUT2D eigenvalue weighted by Gasteiger charge is 2.24. The summed E-state index contributed by atoms with van der Waals surface area (Å²) in [6.45, 7) is 5.61. The third kappa shape index (κ3) is 3.73. The number of piperazine rings is 1. The molecule has 0 radical (unpaired) electrons. The Labute approximate surface area is 143 Å². The van der Waals surface area contributed by atoms with E-state index >= 15 is 0 Å². The van der Waals surface area contributed by atoms with Crippen LogP contribution in [0.15, 0.2) is 33.3 Å². The number of carbonyl (C=O) groups excluding carboxylic acids is 1. The third-order valence-corrected chi connectivity index (χ3v) is 4.45. The number of benzene rings is 1. The predicted octanol–water partition coefficient (Wildman–Crippen LogP) is 2.29. The fraction of sp³-hybridized carbons (Fsp3) is 0.375. The van der Waals surface area contributed by atoms with Crippen molar-refractivity contribution in [2.24, 2.45) is 0 Å². The van der Waals surface area contributed by atoms with Crippen molar-refractivity contribution in [3.8, 4) is 0 Å². The van der Waals surface area contributed by atoms with Gasteiger partial charge in [-0.2, -0.15) is 0 Å². The largest absolute Gasteiger partial charge is 0.398 e. The number of nitrogen functional groups attached to an aromatic ring is 1. The molecule has 0 aliphatic carbocycles. The van der Waals surface area contributed by atoms with E-state index in [0.717, 1.165) is 35.6 Å². The predicted molar refractivity (Wildman–Crippen MR) is 91.0 cm³/mol. The topological polar surface area (TPSA) is 75.6 Å². The molecule has 1 aliphatic heterocycles. The maximum Gasteiger partial charge on any atom is 0.256 e. The summed E-state index contributed by atoms with van der Waals surface area (Å²) < 4.78 is 6.12. The standard InChI is InChI=1S/C16H19BrN4O2/c1-11-8-13(23-19-11)10-20-4-6-21(7-5-20)16(22)14-3-2-12(17)9-15(14)18/h2-3,8-9H,4-7,10,18H2,1H3. The molecule has 7 heteroatoms. The van der Waals surface area contributed by atoms with E-state index in [2.05, 4.69) is 26.0 Å². The molecule has 1 amide bonds. The highest BCUT2D eigenvalue weighted by atomic mass is 79.9. The first-order chi connectivity index (χ1) is 11.0. The van der Waals surface area contributed by atoms with Gasteiger partial charge in [-0.15, -0.1) is 0 Å². The van der Waals surface area contributed by atoms with E-state index in [1.165, 1.54) is 0 Å². The number of aryl methyl sites for hydroxylation is 1. The molecule has 2 N–H and O–H groups in total. The zero-order valence-electron chi connectivity index (χ0n) is 13.0. The van der Waals surface area contributed by atoms with E-state index < -0.39 is 0 Å². The Morgan fingerprint density at radius 2 is 2.04 bits per heavy atom. The molecular formula is C16H19BrN4O2. The molecule has 0 atom stereocenters. The van der Waals surface area contributed by atoms with E-state index in [4.69, 9.17) is 10.3 Å². The molecule has 23 heavy (non-hydrogen) atoms. The molecule has 0 unspecified atom stereocenters. The van der Waals surface area contributed by atoms with Crippen LogP contribution in [-0.2, 0) is 6.54 Å². The Bertz CT molecular complexity index is 708. The minimum atomic E-state index is -0.00911. The first-order valence-electron chi connectivity index (χ1n) is 7.52. The average Bonchev–Trinajstić information content (AvgIpc) is 2.92. The zero-order chi connectivity index (χ0) is 16.4. The highest BCUT2D eigenvalue weighted by molar-refractivity contribution is 9.10. The number of carbonyl (C=O) groups is 1. The van der Waals surface area contributed by atoms with Gasteiger partial charge >= 0.3 is 0 Å². The van der Waals surface area contributed by atoms with E-state index in [0.29, 0.717) is 24.3 Å². The summed E-state index contributed by atoms with van der Waals surface area (Å²) in [4.78, 5) is 16.7. The second kappa shape index (κ2) is 6.72. The van der Waals surface area contributed by atoms with Gasteiger partial charge in [-0.25, -0.2) is 0 Å². The Morgan fingerprint density at radius 3 is 2.65 bits per heavy atom. The van der Waals surface area contributed by atoms with Gasteiger partial charge in [0.25, 0.3) is 5.91 Å². The van der Waals surface area contributed by atoms with Crippen LogP contribution in [-0.4, -0.2) is 47.0 Å². The number of halogens is 1. The normalized spacial score (nSPS) is 15.8. The summed E-state index contributed by atoms with van der Waals surface area (Å²) in [7, 11) is 0. The molecule has 1 saturated heterocycles. The molecule has 1 aromatic carbocycles. The van der Waals surface area contributed by atoms with Gasteiger partial charge in [-0.05, 0) is 25.1 Å². The van der Waals surface area contributed by atoms with Gasteiger partial charge in [0.2, 0.25) is 0 Å². The van der Waals surface area contributed by atoms with Gasteiger partial charge < -0.3 is 15.2 Å². The quantitative estimate of drug-likeness (QED) is 0.829. The van der Waals surface area contributed by atoms with Crippen molar-refractivity contribution in [1.29, 1.82) is 0 Å². The van der Waals surface area contributed by atoms with Crippen molar-refractivity contribution < 1.29 is 9.32 Å². The van der Waals surface area contributed by atoms with Gasteiger partial charge in [0.1, 0.15) is 0 Å². The Kier molecular flexibility index (Phi) is 4.68. The lowest BCUT2D eigenvalue weighted by atomic mass is 10.1. The molecule has 1 aliphatic rings. The van der Waals surface area contributed by atoms with E-state index in [1.807, 2.05) is 24.0 Å². The fourth-order valence-electron chi connectivity index (χ4n) is 2.72. The van der Waals surface area contributed by atoms with Crippen LogP contribution < -0.4 is 5.73 Å². The summed E-state index contributed by atoms with van der Waals surface area (Å²) in [5.74, 6) is 0.851. The second-order valence-corrected chi connectivity index (χ2v) is 6.65. The van der Waals surface area contributed by atoms with Crippen LogP contribution in [0.4, 0.5) is 5.69 Å². The number of nitrogens with two attached hydrogens (primary N) is 1. The van der Waals surface area contributed by atoms with E-state index in [-0.39, 0.29) is 5.91 Å². The number of hydrogen-bond acceptors (Lipinski definition) is 5. The smallest absolute Gasteiger partial charge is 0.256 e. The summed E-state index contributed by atoms with van der Waals surface area (Å²) in [5, 5.41) is 3.90. The van der Waals surface area contributed by atoms with Crippen LogP contribution in [0.5, 0.6) is 0 Å². The Balaban J connectivity index is 1.59. The van der Waals surface area contributed by atoms with Crippen LogP contribution in [0.25, 0.3) is 0 Å². The lowest BCUT2D eigenvalue weighted by Crippen LogP contribution is -2.48. The maximum atomic E-state index is 12.6. The Morgan fingerprint density at radius 1 is 1.30 bits per heavy atom. The molecule has 122 valence electrons. The van der Waals surface area contributed by atoms with Gasteiger partial charge in [-0.1, -0.05) is 21.1 Å². The second-order valence-electron chi connectivity index (χ2n) is 5.73. The SMILES string of the molecule is Cc1cc(CN2CCN(C(=O)c3ccc(Br)cc3N)CC2)on1. The molecule has 1 fully saturated rings. The molecule has 0 saturated carbocycles.